The highest BCUT2D eigenvalue weighted by molar-refractivity contribution is 5.43. The second kappa shape index (κ2) is 4.96. The van der Waals surface area contributed by atoms with Gasteiger partial charge in [-0.1, -0.05) is 19.9 Å². The van der Waals surface area contributed by atoms with Crippen molar-refractivity contribution in [2.24, 2.45) is 11.7 Å². The molecule has 1 unspecified atom stereocenters. The molecule has 0 spiro atoms. The molecular weight excluding hydrogens is 214 g/mol. The zero-order valence-electron chi connectivity index (χ0n) is 10.8. The molecular formula is C14H21NO2. The van der Waals surface area contributed by atoms with Crippen LogP contribution in [-0.2, 0) is 0 Å². The summed E-state index contributed by atoms with van der Waals surface area (Å²) in [4.78, 5) is 0. The molecule has 2 atom stereocenters. The Labute approximate surface area is 103 Å². The number of hydrogen-bond donors (Lipinski definition) is 1. The van der Waals surface area contributed by atoms with Gasteiger partial charge in [0.05, 0.1) is 7.11 Å². The molecule has 0 aromatic heterocycles. The molecule has 17 heavy (non-hydrogen) atoms. The SMILES string of the molecule is COc1ccc2c(c1)OC(CC(C)C)C[C@@H]2N. The topological polar surface area (TPSA) is 44.5 Å². The van der Waals surface area contributed by atoms with Crippen LogP contribution in [0.1, 0.15) is 38.3 Å². The molecule has 0 aliphatic carbocycles. The summed E-state index contributed by atoms with van der Waals surface area (Å²) in [5.74, 6) is 2.33. The Kier molecular flexibility index (Phi) is 3.57. The highest BCUT2D eigenvalue weighted by atomic mass is 16.5. The van der Waals surface area contributed by atoms with Crippen LogP contribution >= 0.6 is 0 Å². The van der Waals surface area contributed by atoms with Crippen LogP contribution in [0.2, 0.25) is 0 Å². The zero-order valence-corrected chi connectivity index (χ0v) is 10.8. The van der Waals surface area contributed by atoms with Gasteiger partial charge in [-0.3, -0.25) is 0 Å². The number of rotatable bonds is 3. The maximum absolute atomic E-state index is 6.18. The van der Waals surface area contributed by atoms with Gasteiger partial charge in [0.2, 0.25) is 0 Å². The van der Waals surface area contributed by atoms with Gasteiger partial charge < -0.3 is 15.2 Å². The van der Waals surface area contributed by atoms with Crippen molar-refractivity contribution in [3.8, 4) is 11.5 Å². The Morgan fingerprint density at radius 1 is 1.47 bits per heavy atom. The van der Waals surface area contributed by atoms with E-state index in [2.05, 4.69) is 13.8 Å². The maximum atomic E-state index is 6.18. The molecule has 1 aliphatic rings. The standard InChI is InChI=1S/C14H21NO2/c1-9(2)6-11-7-13(15)12-5-4-10(16-3)8-14(12)17-11/h4-5,8-9,11,13H,6-7,15H2,1-3H3/t11?,13-/m0/s1. The van der Waals surface area contributed by atoms with Crippen LogP contribution in [0, 0.1) is 5.92 Å². The first kappa shape index (κ1) is 12.2. The van der Waals surface area contributed by atoms with E-state index in [0.717, 1.165) is 29.9 Å². The van der Waals surface area contributed by atoms with E-state index in [1.807, 2.05) is 18.2 Å². The number of ether oxygens (including phenoxy) is 2. The fourth-order valence-corrected chi connectivity index (χ4v) is 2.36. The van der Waals surface area contributed by atoms with Crippen molar-refractivity contribution in [2.45, 2.75) is 38.8 Å². The maximum Gasteiger partial charge on any atom is 0.128 e. The second-order valence-electron chi connectivity index (χ2n) is 5.12. The molecule has 0 saturated heterocycles. The second-order valence-corrected chi connectivity index (χ2v) is 5.12. The van der Waals surface area contributed by atoms with Crippen LogP contribution in [-0.4, -0.2) is 13.2 Å². The monoisotopic (exact) mass is 235 g/mol. The lowest BCUT2D eigenvalue weighted by Gasteiger charge is -2.31. The minimum Gasteiger partial charge on any atom is -0.497 e. The predicted octanol–water partition coefficient (Wildman–Crippen LogP) is 2.89. The minimum absolute atomic E-state index is 0.0772. The van der Waals surface area contributed by atoms with Crippen LogP contribution in [0.4, 0.5) is 0 Å². The van der Waals surface area contributed by atoms with E-state index in [9.17, 15) is 0 Å². The molecule has 3 nitrogen and oxygen atoms in total. The summed E-state index contributed by atoms with van der Waals surface area (Å²) in [6.07, 6.45) is 2.17. The first-order chi connectivity index (χ1) is 8.10. The van der Waals surface area contributed by atoms with Gasteiger partial charge >= 0.3 is 0 Å². The Morgan fingerprint density at radius 3 is 2.88 bits per heavy atom. The van der Waals surface area contributed by atoms with E-state index < -0.39 is 0 Å². The van der Waals surface area contributed by atoms with Crippen LogP contribution in [0.3, 0.4) is 0 Å². The quantitative estimate of drug-likeness (QED) is 0.876. The Hall–Kier alpha value is -1.22. The summed E-state index contributed by atoms with van der Waals surface area (Å²) in [6, 6.07) is 5.95. The largest absolute Gasteiger partial charge is 0.497 e. The average Bonchev–Trinajstić information content (AvgIpc) is 2.27. The van der Waals surface area contributed by atoms with E-state index >= 15 is 0 Å². The Balaban J connectivity index is 2.21. The summed E-state index contributed by atoms with van der Waals surface area (Å²) < 4.78 is 11.2. The predicted molar refractivity (Wildman–Crippen MR) is 68.4 cm³/mol. The van der Waals surface area contributed by atoms with E-state index in [-0.39, 0.29) is 12.1 Å². The van der Waals surface area contributed by atoms with Crippen molar-refractivity contribution in [3.63, 3.8) is 0 Å². The average molecular weight is 235 g/mol. The molecule has 1 heterocycles. The molecule has 0 radical (unpaired) electrons. The molecule has 0 saturated carbocycles. The smallest absolute Gasteiger partial charge is 0.128 e. The van der Waals surface area contributed by atoms with Gasteiger partial charge in [0.25, 0.3) is 0 Å². The number of hydrogen-bond acceptors (Lipinski definition) is 3. The van der Waals surface area contributed by atoms with Gasteiger partial charge in [-0.05, 0) is 18.4 Å². The van der Waals surface area contributed by atoms with Crippen LogP contribution in [0.25, 0.3) is 0 Å². The van der Waals surface area contributed by atoms with Gasteiger partial charge in [0.15, 0.2) is 0 Å². The Bertz CT molecular complexity index is 390. The van der Waals surface area contributed by atoms with Crippen molar-refractivity contribution >= 4 is 0 Å². The lowest BCUT2D eigenvalue weighted by molar-refractivity contribution is 0.136. The summed E-state index contributed by atoms with van der Waals surface area (Å²) in [6.45, 7) is 4.41. The van der Waals surface area contributed by atoms with Gasteiger partial charge in [-0.2, -0.15) is 0 Å². The summed E-state index contributed by atoms with van der Waals surface area (Å²) in [7, 11) is 1.66. The molecule has 0 fully saturated rings. The lowest BCUT2D eigenvalue weighted by atomic mass is 9.93. The van der Waals surface area contributed by atoms with Gasteiger partial charge in [0.1, 0.15) is 17.6 Å². The third-order valence-electron chi connectivity index (χ3n) is 3.16. The lowest BCUT2D eigenvalue weighted by Crippen LogP contribution is -2.30. The summed E-state index contributed by atoms with van der Waals surface area (Å²) in [5.41, 5.74) is 7.27. The van der Waals surface area contributed by atoms with Crippen LogP contribution in [0.5, 0.6) is 11.5 Å². The molecule has 2 rings (SSSR count). The summed E-state index contributed by atoms with van der Waals surface area (Å²) >= 11 is 0. The van der Waals surface area contributed by atoms with Crippen molar-refractivity contribution < 1.29 is 9.47 Å². The van der Waals surface area contributed by atoms with E-state index in [4.69, 9.17) is 15.2 Å². The van der Waals surface area contributed by atoms with E-state index in [1.54, 1.807) is 7.11 Å². The fraction of sp³-hybridized carbons (Fsp3) is 0.571. The number of nitrogens with two attached hydrogens (primary N) is 1. The molecule has 1 aliphatic heterocycles. The highest BCUT2D eigenvalue weighted by Crippen LogP contribution is 2.37. The number of fused-ring (bicyclic) bond motifs is 1. The van der Waals surface area contributed by atoms with Gasteiger partial charge in [-0.25, -0.2) is 0 Å². The van der Waals surface area contributed by atoms with Gasteiger partial charge in [0, 0.05) is 24.1 Å². The fourth-order valence-electron chi connectivity index (χ4n) is 2.36. The van der Waals surface area contributed by atoms with E-state index in [1.165, 1.54) is 0 Å². The molecule has 94 valence electrons. The number of methoxy groups -OCH3 is 1. The molecule has 0 amide bonds. The molecule has 1 aromatic carbocycles. The Morgan fingerprint density at radius 2 is 2.24 bits per heavy atom. The molecule has 0 bridgehead atoms. The van der Waals surface area contributed by atoms with Gasteiger partial charge in [-0.15, -0.1) is 0 Å². The first-order valence-corrected chi connectivity index (χ1v) is 6.20. The van der Waals surface area contributed by atoms with Crippen LogP contribution in [0.15, 0.2) is 18.2 Å². The van der Waals surface area contributed by atoms with Crippen molar-refractivity contribution in [2.75, 3.05) is 7.11 Å². The molecule has 1 aromatic rings. The van der Waals surface area contributed by atoms with Crippen molar-refractivity contribution in [3.05, 3.63) is 23.8 Å². The minimum atomic E-state index is 0.0772. The third kappa shape index (κ3) is 2.72. The highest BCUT2D eigenvalue weighted by Gasteiger charge is 2.26. The number of benzene rings is 1. The molecule has 3 heteroatoms. The van der Waals surface area contributed by atoms with Crippen molar-refractivity contribution in [1.29, 1.82) is 0 Å². The van der Waals surface area contributed by atoms with Crippen molar-refractivity contribution in [1.82, 2.24) is 0 Å². The van der Waals surface area contributed by atoms with Crippen LogP contribution < -0.4 is 15.2 Å². The zero-order chi connectivity index (χ0) is 12.4. The summed E-state index contributed by atoms with van der Waals surface area (Å²) in [5, 5.41) is 0. The van der Waals surface area contributed by atoms with E-state index in [0.29, 0.717) is 5.92 Å². The molecule has 2 N–H and O–H groups in total. The first-order valence-electron chi connectivity index (χ1n) is 6.20. The third-order valence-corrected chi connectivity index (χ3v) is 3.16. The normalized spacial score (nSPS) is 23.1.